The molecule has 0 unspecified atom stereocenters. The fraction of sp³-hybridized carbons (Fsp3) is 0.0690. The molecule has 0 bridgehead atoms. The van der Waals surface area contributed by atoms with Gasteiger partial charge in [-0.3, -0.25) is 4.57 Å². The minimum atomic E-state index is -5.77. The summed E-state index contributed by atoms with van der Waals surface area (Å²) >= 11 is 16.7. The molecule has 0 radical (unpaired) electrons. The molecule has 0 amide bonds. The summed E-state index contributed by atoms with van der Waals surface area (Å²) in [6.45, 7) is 0.0794. The normalized spacial score (nSPS) is 11.8. The first-order chi connectivity index (χ1) is 21.2. The zero-order valence-corrected chi connectivity index (χ0v) is 27.3. The molecule has 232 valence electrons. The lowest BCUT2D eigenvalue weighted by atomic mass is 10.1. The van der Waals surface area contributed by atoms with E-state index in [1.165, 1.54) is 35.6 Å². The first kappa shape index (κ1) is 33.0. The fourth-order valence-electron chi connectivity index (χ4n) is 4.13. The highest BCUT2D eigenvalue weighted by Crippen LogP contribution is 2.60. The number of hydrogen-bond donors (Lipinski definition) is 3. The molecular weight excluding hydrogens is 738 g/mol. The summed E-state index contributed by atoms with van der Waals surface area (Å²) in [5, 5.41) is 19.4. The van der Waals surface area contributed by atoms with Gasteiger partial charge in [-0.1, -0.05) is 80.8 Å². The topological polar surface area (TPSA) is 133 Å². The molecule has 0 aliphatic heterocycles. The zero-order chi connectivity index (χ0) is 32.5. The van der Waals surface area contributed by atoms with E-state index in [1.54, 1.807) is 59.5 Å². The number of benzene rings is 4. The van der Waals surface area contributed by atoms with Crippen LogP contribution in [0.2, 0.25) is 10.0 Å². The monoisotopic (exact) mass is 755 g/mol. The van der Waals surface area contributed by atoms with Crippen LogP contribution in [0.4, 0.5) is 19.6 Å². The van der Waals surface area contributed by atoms with Crippen molar-refractivity contribution in [1.29, 1.82) is 0 Å². The Morgan fingerprint density at radius 3 is 2.33 bits per heavy atom. The Kier molecular flexibility index (Phi) is 9.62. The highest BCUT2D eigenvalue weighted by atomic mass is 79.9. The van der Waals surface area contributed by atoms with Gasteiger partial charge >= 0.3 is 19.2 Å². The zero-order valence-electron chi connectivity index (χ0n) is 22.4. The molecule has 0 spiro atoms. The van der Waals surface area contributed by atoms with E-state index >= 15 is 0 Å². The van der Waals surface area contributed by atoms with Crippen LogP contribution in [0.3, 0.4) is 0 Å². The van der Waals surface area contributed by atoms with Crippen LogP contribution in [0.5, 0.6) is 11.5 Å². The van der Waals surface area contributed by atoms with Gasteiger partial charge in [0.15, 0.2) is 0 Å². The Hall–Kier alpha value is -3.42. The lowest BCUT2D eigenvalue weighted by Crippen LogP contribution is -2.18. The standard InChI is InChI=1S/C29H19BrCl2F2N3O6PS/c30-23-11-16(7-9-22(23)29(33,34)44(40,41)42)15-37(19-8-10-24(31)25(32)14-19)28-36-35-26(45-28)17-3-1-5-20(12-17)43-21-6-2-4-18(13-21)27(38)39/h1-14H,15H2,(H,38,39)(H2,40,41,42). The van der Waals surface area contributed by atoms with E-state index < -0.39 is 24.8 Å². The van der Waals surface area contributed by atoms with Crippen LogP contribution in [0.15, 0.2) is 89.4 Å². The number of carbonyl (C=O) groups is 1. The summed E-state index contributed by atoms with van der Waals surface area (Å²) in [5.41, 5.74) is -3.45. The predicted octanol–water partition coefficient (Wildman–Crippen LogP) is 9.33. The number of nitrogens with zero attached hydrogens (tertiary/aromatic N) is 3. The number of aromatic carboxylic acids is 1. The van der Waals surface area contributed by atoms with E-state index in [9.17, 15) is 23.2 Å². The maximum absolute atomic E-state index is 14.4. The molecule has 5 aromatic rings. The van der Waals surface area contributed by atoms with Gasteiger partial charge in [0.05, 0.1) is 22.2 Å². The lowest BCUT2D eigenvalue weighted by Gasteiger charge is -2.23. The fourth-order valence-corrected chi connectivity index (χ4v) is 6.62. The van der Waals surface area contributed by atoms with Gasteiger partial charge in [-0.25, -0.2) is 4.79 Å². The number of carboxylic acids is 1. The van der Waals surface area contributed by atoms with Gasteiger partial charge in [-0.2, -0.15) is 8.78 Å². The van der Waals surface area contributed by atoms with Crippen molar-refractivity contribution < 1.29 is 37.8 Å². The molecule has 0 saturated heterocycles. The van der Waals surface area contributed by atoms with Crippen LogP contribution in [0.1, 0.15) is 21.5 Å². The Morgan fingerprint density at radius 1 is 0.956 bits per heavy atom. The van der Waals surface area contributed by atoms with E-state index in [0.29, 0.717) is 43.5 Å². The lowest BCUT2D eigenvalue weighted by molar-refractivity contribution is 0.0557. The van der Waals surface area contributed by atoms with Gasteiger partial charge in [0.25, 0.3) is 0 Å². The van der Waals surface area contributed by atoms with Gasteiger partial charge in [0.1, 0.15) is 16.5 Å². The van der Waals surface area contributed by atoms with Crippen molar-refractivity contribution in [2.45, 2.75) is 12.2 Å². The van der Waals surface area contributed by atoms with E-state index in [1.807, 2.05) is 0 Å². The van der Waals surface area contributed by atoms with Crippen molar-refractivity contribution in [2.24, 2.45) is 0 Å². The number of carboxylic acid groups (broad SMARTS) is 1. The molecule has 0 aliphatic carbocycles. The Bertz CT molecular complexity index is 1960. The third kappa shape index (κ3) is 7.36. The number of hydrogen-bond acceptors (Lipinski definition) is 7. The van der Waals surface area contributed by atoms with Crippen LogP contribution in [0, 0.1) is 0 Å². The molecule has 45 heavy (non-hydrogen) atoms. The minimum Gasteiger partial charge on any atom is -0.478 e. The molecular formula is C29H19BrCl2F2N3O6PS. The number of halogens is 5. The Balaban J connectivity index is 1.47. The Morgan fingerprint density at radius 2 is 1.67 bits per heavy atom. The molecule has 5 rings (SSSR count). The van der Waals surface area contributed by atoms with Crippen LogP contribution in [-0.4, -0.2) is 31.1 Å². The van der Waals surface area contributed by atoms with E-state index in [-0.39, 0.29) is 21.6 Å². The number of ether oxygens (including phenoxy) is 1. The van der Waals surface area contributed by atoms with Crippen molar-refractivity contribution in [3.63, 3.8) is 0 Å². The maximum Gasteiger partial charge on any atom is 0.399 e. The van der Waals surface area contributed by atoms with Crippen LogP contribution in [0.25, 0.3) is 10.6 Å². The molecule has 0 saturated carbocycles. The molecule has 0 atom stereocenters. The van der Waals surface area contributed by atoms with Crippen molar-refractivity contribution in [2.75, 3.05) is 4.90 Å². The number of rotatable bonds is 10. The summed E-state index contributed by atoms with van der Waals surface area (Å²) in [5.74, 6) is -0.304. The second kappa shape index (κ2) is 13.1. The minimum absolute atomic E-state index is 0.0794. The summed E-state index contributed by atoms with van der Waals surface area (Å²) in [4.78, 5) is 31.4. The molecule has 1 heterocycles. The SMILES string of the molecule is O=C(O)c1cccc(Oc2cccc(-c3nnc(N(Cc4ccc(C(F)(F)P(=O)(O)O)c(Br)c4)c4ccc(Cl)c(Cl)c4)s3)c2)c1. The van der Waals surface area contributed by atoms with Crippen molar-refractivity contribution >= 4 is 74.9 Å². The van der Waals surface area contributed by atoms with Crippen molar-refractivity contribution in [1.82, 2.24) is 10.2 Å². The number of aromatic nitrogens is 2. The maximum atomic E-state index is 14.4. The van der Waals surface area contributed by atoms with Crippen LogP contribution < -0.4 is 9.64 Å². The first-order valence-corrected chi connectivity index (χ1v) is 16.6. The molecule has 9 nitrogen and oxygen atoms in total. The van der Waals surface area contributed by atoms with E-state index in [4.69, 9.17) is 37.7 Å². The smallest absolute Gasteiger partial charge is 0.399 e. The molecule has 16 heteroatoms. The Labute approximate surface area is 276 Å². The van der Waals surface area contributed by atoms with Gasteiger partial charge in [0, 0.05) is 21.3 Å². The average Bonchev–Trinajstić information content (AvgIpc) is 3.47. The highest BCUT2D eigenvalue weighted by molar-refractivity contribution is 9.10. The average molecular weight is 757 g/mol. The third-order valence-corrected chi connectivity index (χ3v) is 9.68. The summed E-state index contributed by atoms with van der Waals surface area (Å²) in [6.07, 6.45) is 0. The third-order valence-electron chi connectivity index (χ3n) is 6.32. The van der Waals surface area contributed by atoms with E-state index in [2.05, 4.69) is 26.1 Å². The van der Waals surface area contributed by atoms with Crippen LogP contribution in [-0.2, 0) is 16.8 Å². The predicted molar refractivity (Wildman–Crippen MR) is 171 cm³/mol. The highest BCUT2D eigenvalue weighted by Gasteiger charge is 2.51. The first-order valence-electron chi connectivity index (χ1n) is 12.6. The molecule has 3 N–H and O–H groups in total. The molecule has 1 aromatic heterocycles. The largest absolute Gasteiger partial charge is 0.478 e. The molecule has 0 fully saturated rings. The van der Waals surface area contributed by atoms with E-state index in [0.717, 1.165) is 6.07 Å². The van der Waals surface area contributed by atoms with Crippen molar-refractivity contribution in [3.8, 4) is 22.1 Å². The van der Waals surface area contributed by atoms with Gasteiger partial charge in [0.2, 0.25) is 5.13 Å². The second-order valence-electron chi connectivity index (χ2n) is 9.44. The van der Waals surface area contributed by atoms with Gasteiger partial charge in [-0.05, 0) is 60.2 Å². The number of anilines is 2. The van der Waals surface area contributed by atoms with Crippen molar-refractivity contribution in [3.05, 3.63) is 116 Å². The summed E-state index contributed by atoms with van der Waals surface area (Å²) < 4.78 is 45.9. The number of alkyl halides is 2. The summed E-state index contributed by atoms with van der Waals surface area (Å²) in [6, 6.07) is 21.6. The van der Waals surface area contributed by atoms with Crippen LogP contribution >= 0.6 is 58.1 Å². The second-order valence-corrected chi connectivity index (χ2v) is 13.7. The van der Waals surface area contributed by atoms with Gasteiger partial charge < -0.3 is 24.5 Å². The summed E-state index contributed by atoms with van der Waals surface area (Å²) in [7, 11) is -5.77. The quantitative estimate of drug-likeness (QED) is 0.119. The van der Waals surface area contributed by atoms with Gasteiger partial charge in [-0.15, -0.1) is 10.2 Å². The molecule has 4 aromatic carbocycles. The molecule has 0 aliphatic rings.